The van der Waals surface area contributed by atoms with Crippen molar-refractivity contribution in [1.29, 1.82) is 0 Å². The maximum Gasteiger partial charge on any atom is 0.290 e. The van der Waals surface area contributed by atoms with E-state index in [1.54, 1.807) is 20.3 Å². The third-order valence-electron chi connectivity index (χ3n) is 5.85. The molecule has 0 saturated carbocycles. The van der Waals surface area contributed by atoms with E-state index in [9.17, 15) is 4.79 Å². The predicted octanol–water partition coefficient (Wildman–Crippen LogP) is 4.00. The summed E-state index contributed by atoms with van der Waals surface area (Å²) >= 11 is 0. The van der Waals surface area contributed by atoms with Crippen LogP contribution in [0.2, 0.25) is 0 Å². The fraction of sp³-hybridized carbons (Fsp3) is 0.360. The quantitative estimate of drug-likeness (QED) is 0.576. The zero-order valence-corrected chi connectivity index (χ0v) is 18.5. The lowest BCUT2D eigenvalue weighted by Gasteiger charge is -2.32. The zero-order valence-electron chi connectivity index (χ0n) is 18.5. The number of methoxy groups -OCH3 is 2. The van der Waals surface area contributed by atoms with Crippen molar-refractivity contribution >= 4 is 5.91 Å². The van der Waals surface area contributed by atoms with Crippen LogP contribution in [0.1, 0.15) is 46.1 Å². The Morgan fingerprint density at radius 3 is 2.88 bits per heavy atom. The molecule has 7 nitrogen and oxygen atoms in total. The molecule has 2 heterocycles. The van der Waals surface area contributed by atoms with Crippen LogP contribution in [0.4, 0.5) is 0 Å². The molecule has 1 atom stereocenters. The first kappa shape index (κ1) is 21.9. The van der Waals surface area contributed by atoms with Crippen LogP contribution in [-0.2, 0) is 13.1 Å². The average molecular weight is 436 g/mol. The second-order valence-electron chi connectivity index (χ2n) is 8.04. The number of hydrogen-bond acceptors (Lipinski definition) is 6. The summed E-state index contributed by atoms with van der Waals surface area (Å²) in [6, 6.07) is 17.5. The van der Waals surface area contributed by atoms with Crippen molar-refractivity contribution in [2.24, 2.45) is 0 Å². The highest BCUT2D eigenvalue weighted by molar-refractivity contribution is 5.91. The van der Waals surface area contributed by atoms with Gasteiger partial charge in [0.2, 0.25) is 5.76 Å². The second kappa shape index (κ2) is 10.3. The minimum atomic E-state index is -0.270. The van der Waals surface area contributed by atoms with Crippen molar-refractivity contribution in [3.63, 3.8) is 0 Å². The van der Waals surface area contributed by atoms with Gasteiger partial charge in [-0.05, 0) is 43.1 Å². The van der Waals surface area contributed by atoms with Crippen molar-refractivity contribution in [3.05, 3.63) is 77.2 Å². The number of likely N-dealkylation sites (tertiary alicyclic amines) is 1. The standard InChI is InChI=1S/C25H29N3O4/c1-30-21-10-5-7-18(13-21)15-26-25(29)24-14-22(27-32-24)19-9-6-12-28(16-19)17-20-8-3-4-11-23(20)31-2/h3-5,7-8,10-11,13-14,19H,6,9,12,15-17H2,1-2H3,(H,26,29). The van der Waals surface area contributed by atoms with Gasteiger partial charge < -0.3 is 19.3 Å². The number of hydrogen-bond donors (Lipinski definition) is 1. The molecule has 2 aromatic carbocycles. The molecular formula is C25H29N3O4. The SMILES string of the molecule is COc1cccc(CNC(=O)c2cc(C3CCCN(Cc4ccccc4OC)C3)no2)c1. The molecule has 1 saturated heterocycles. The van der Waals surface area contributed by atoms with Gasteiger partial charge in [0, 0.05) is 37.2 Å². The summed E-state index contributed by atoms with van der Waals surface area (Å²) in [7, 11) is 3.32. The van der Waals surface area contributed by atoms with E-state index < -0.39 is 0 Å². The van der Waals surface area contributed by atoms with E-state index in [4.69, 9.17) is 14.0 Å². The van der Waals surface area contributed by atoms with Crippen LogP contribution >= 0.6 is 0 Å². The summed E-state index contributed by atoms with van der Waals surface area (Å²) in [6.07, 6.45) is 2.10. The number of nitrogens with zero attached hydrogens (tertiary/aromatic N) is 2. The molecule has 1 fully saturated rings. The molecule has 3 aromatic rings. The number of carbonyl (C=O) groups is 1. The second-order valence-corrected chi connectivity index (χ2v) is 8.04. The molecule has 0 aliphatic carbocycles. The van der Waals surface area contributed by atoms with E-state index in [1.807, 2.05) is 42.5 Å². The van der Waals surface area contributed by atoms with Crippen LogP contribution in [0, 0.1) is 0 Å². The van der Waals surface area contributed by atoms with Crippen molar-refractivity contribution < 1.29 is 18.8 Å². The van der Waals surface area contributed by atoms with Crippen molar-refractivity contribution in [1.82, 2.24) is 15.4 Å². The number of ether oxygens (including phenoxy) is 2. The first-order valence-corrected chi connectivity index (χ1v) is 10.9. The Kier molecular flexibility index (Phi) is 7.07. The number of aromatic nitrogens is 1. The summed E-state index contributed by atoms with van der Waals surface area (Å²) in [4.78, 5) is 15.0. The summed E-state index contributed by atoms with van der Waals surface area (Å²) in [5.74, 6) is 1.87. The highest BCUT2D eigenvalue weighted by Crippen LogP contribution is 2.29. The molecular weight excluding hydrogens is 406 g/mol. The molecule has 168 valence electrons. The number of piperidine rings is 1. The Morgan fingerprint density at radius 2 is 2.03 bits per heavy atom. The lowest BCUT2D eigenvalue weighted by atomic mass is 9.94. The molecule has 1 unspecified atom stereocenters. The highest BCUT2D eigenvalue weighted by atomic mass is 16.5. The lowest BCUT2D eigenvalue weighted by Crippen LogP contribution is -2.34. The van der Waals surface area contributed by atoms with Gasteiger partial charge in [0.15, 0.2) is 0 Å². The van der Waals surface area contributed by atoms with Gasteiger partial charge in [-0.3, -0.25) is 9.69 Å². The van der Waals surface area contributed by atoms with Crippen molar-refractivity contribution in [3.8, 4) is 11.5 Å². The minimum absolute atomic E-state index is 0.238. The molecule has 1 aliphatic rings. The number of benzene rings is 2. The molecule has 7 heteroatoms. The Morgan fingerprint density at radius 1 is 1.16 bits per heavy atom. The molecule has 4 rings (SSSR count). The number of nitrogens with one attached hydrogen (secondary N) is 1. The molecule has 1 aliphatic heterocycles. The van der Waals surface area contributed by atoms with Crippen LogP contribution in [0.25, 0.3) is 0 Å². The average Bonchev–Trinajstić information content (AvgIpc) is 3.34. The van der Waals surface area contributed by atoms with Crippen molar-refractivity contribution in [2.75, 3.05) is 27.3 Å². The Balaban J connectivity index is 1.35. The first-order valence-electron chi connectivity index (χ1n) is 10.9. The predicted molar refractivity (Wildman–Crippen MR) is 121 cm³/mol. The van der Waals surface area contributed by atoms with Crippen LogP contribution in [0.5, 0.6) is 11.5 Å². The van der Waals surface area contributed by atoms with Crippen LogP contribution in [0.15, 0.2) is 59.1 Å². The van der Waals surface area contributed by atoms with Crippen molar-refractivity contribution in [2.45, 2.75) is 31.8 Å². The summed E-state index contributed by atoms with van der Waals surface area (Å²) in [6.45, 7) is 3.12. The fourth-order valence-corrected chi connectivity index (χ4v) is 4.16. The van der Waals surface area contributed by atoms with Gasteiger partial charge in [0.05, 0.1) is 19.9 Å². The third kappa shape index (κ3) is 5.29. The Labute approximate surface area is 188 Å². The van der Waals surface area contributed by atoms with Gasteiger partial charge in [0.1, 0.15) is 11.5 Å². The number of carbonyl (C=O) groups excluding carboxylic acids is 1. The molecule has 1 amide bonds. The molecule has 32 heavy (non-hydrogen) atoms. The molecule has 0 bridgehead atoms. The monoisotopic (exact) mass is 435 g/mol. The number of rotatable bonds is 8. The van der Waals surface area contributed by atoms with Gasteiger partial charge >= 0.3 is 0 Å². The van der Waals surface area contributed by atoms with Crippen LogP contribution < -0.4 is 14.8 Å². The van der Waals surface area contributed by atoms with E-state index in [0.717, 1.165) is 55.2 Å². The summed E-state index contributed by atoms with van der Waals surface area (Å²) in [5.41, 5.74) is 2.96. The molecule has 1 aromatic heterocycles. The third-order valence-corrected chi connectivity index (χ3v) is 5.85. The molecule has 0 spiro atoms. The summed E-state index contributed by atoms with van der Waals surface area (Å²) < 4.78 is 16.1. The smallest absolute Gasteiger partial charge is 0.290 e. The largest absolute Gasteiger partial charge is 0.497 e. The number of para-hydroxylation sites is 1. The van der Waals surface area contributed by atoms with Gasteiger partial charge in [-0.15, -0.1) is 0 Å². The molecule has 1 N–H and O–H groups in total. The van der Waals surface area contributed by atoms with E-state index in [2.05, 4.69) is 21.4 Å². The van der Waals surface area contributed by atoms with Gasteiger partial charge in [-0.1, -0.05) is 35.5 Å². The zero-order chi connectivity index (χ0) is 22.3. The Hall–Kier alpha value is -3.32. The number of amides is 1. The van der Waals surface area contributed by atoms with Gasteiger partial charge in [-0.25, -0.2) is 0 Å². The van der Waals surface area contributed by atoms with Gasteiger partial charge in [-0.2, -0.15) is 0 Å². The minimum Gasteiger partial charge on any atom is -0.497 e. The maximum atomic E-state index is 12.5. The van der Waals surface area contributed by atoms with E-state index >= 15 is 0 Å². The van der Waals surface area contributed by atoms with E-state index in [-0.39, 0.29) is 17.6 Å². The maximum absolute atomic E-state index is 12.5. The topological polar surface area (TPSA) is 76.8 Å². The van der Waals surface area contributed by atoms with E-state index in [1.165, 1.54) is 5.56 Å². The lowest BCUT2D eigenvalue weighted by molar-refractivity contribution is 0.0913. The Bertz CT molecular complexity index is 1050. The fourth-order valence-electron chi connectivity index (χ4n) is 4.16. The van der Waals surface area contributed by atoms with E-state index in [0.29, 0.717) is 6.54 Å². The first-order chi connectivity index (χ1) is 15.7. The molecule has 0 radical (unpaired) electrons. The van der Waals surface area contributed by atoms with Gasteiger partial charge in [0.25, 0.3) is 5.91 Å². The van der Waals surface area contributed by atoms with Crippen LogP contribution in [-0.4, -0.2) is 43.3 Å². The highest BCUT2D eigenvalue weighted by Gasteiger charge is 2.26. The summed E-state index contributed by atoms with van der Waals surface area (Å²) in [5, 5.41) is 7.10. The normalized spacial score (nSPS) is 16.5. The van der Waals surface area contributed by atoms with Crippen LogP contribution in [0.3, 0.4) is 0 Å².